The minimum atomic E-state index is -2.26. The van der Waals surface area contributed by atoms with E-state index in [9.17, 15) is 5.26 Å². The summed E-state index contributed by atoms with van der Waals surface area (Å²) in [6, 6.07) is 6.18. The molecule has 0 heterocycles. The average Bonchev–Trinajstić information content (AvgIpc) is 2.66. The summed E-state index contributed by atoms with van der Waals surface area (Å²) >= 11 is 0. The van der Waals surface area contributed by atoms with Crippen molar-refractivity contribution in [3.8, 4) is 23.3 Å². The second-order valence-electron chi connectivity index (χ2n) is 11.1. The lowest BCUT2D eigenvalue weighted by molar-refractivity contribution is 0.225. The van der Waals surface area contributed by atoms with E-state index in [1.54, 1.807) is 14.2 Å². The summed E-state index contributed by atoms with van der Waals surface area (Å²) in [5, 5.41) is 10.2. The Morgan fingerprint density at radius 1 is 0.844 bits per heavy atom. The van der Waals surface area contributed by atoms with E-state index in [0.29, 0.717) is 33.9 Å². The molecular formula is C25H45NO4Si2. The molecule has 0 fully saturated rings. The van der Waals surface area contributed by atoms with Gasteiger partial charge in [-0.2, -0.15) is 5.26 Å². The fourth-order valence-corrected chi connectivity index (χ4v) is 10.8. The molecule has 1 rings (SSSR count). The smallest absolute Gasteiger partial charge is 0.250 e. The topological polar surface area (TPSA) is 60.7 Å². The number of methoxy groups -OCH3 is 2. The maximum absolute atomic E-state index is 10.2. The summed E-state index contributed by atoms with van der Waals surface area (Å²) in [6.07, 6.45) is -0.699. The molecule has 0 spiro atoms. The fraction of sp³-hybridized carbons (Fsp3) is 0.720. The van der Waals surface area contributed by atoms with Crippen molar-refractivity contribution in [1.29, 1.82) is 5.26 Å². The highest BCUT2D eigenvalue weighted by Crippen LogP contribution is 2.48. The van der Waals surface area contributed by atoms with Gasteiger partial charge in [-0.1, -0.05) is 62.3 Å². The van der Waals surface area contributed by atoms with E-state index in [-0.39, 0.29) is 5.04 Å². The summed E-state index contributed by atoms with van der Waals surface area (Å²) in [4.78, 5) is 0. The van der Waals surface area contributed by atoms with Crippen molar-refractivity contribution >= 4 is 16.6 Å². The van der Waals surface area contributed by atoms with E-state index in [4.69, 9.17) is 18.3 Å². The molecule has 32 heavy (non-hydrogen) atoms. The lowest BCUT2D eigenvalue weighted by Gasteiger charge is -2.43. The minimum Gasteiger partial charge on any atom is -0.541 e. The highest BCUT2D eigenvalue weighted by atomic mass is 28.4. The highest BCUT2D eigenvalue weighted by Gasteiger charge is 2.47. The molecule has 0 unspecified atom stereocenters. The number of nitriles is 1. The van der Waals surface area contributed by atoms with Gasteiger partial charge in [-0.3, -0.25) is 0 Å². The van der Waals surface area contributed by atoms with Crippen LogP contribution in [0.15, 0.2) is 12.1 Å². The Hall–Kier alpha value is -1.50. The van der Waals surface area contributed by atoms with Crippen LogP contribution < -0.4 is 13.9 Å². The number of nitrogens with zero attached hydrogens (tertiary/aromatic N) is 1. The molecule has 1 aromatic carbocycles. The van der Waals surface area contributed by atoms with E-state index in [1.807, 2.05) is 12.1 Å². The Bertz CT molecular complexity index is 786. The normalized spacial score (nSPS) is 14.0. The van der Waals surface area contributed by atoms with Gasteiger partial charge in [0.05, 0.1) is 20.3 Å². The molecule has 0 aromatic heterocycles. The predicted octanol–water partition coefficient (Wildman–Crippen LogP) is 7.84. The van der Waals surface area contributed by atoms with Crippen LogP contribution in [0.3, 0.4) is 0 Å². The van der Waals surface area contributed by atoms with E-state index in [0.717, 1.165) is 5.56 Å². The minimum absolute atomic E-state index is 0.0153. The molecule has 1 aromatic rings. The summed E-state index contributed by atoms with van der Waals surface area (Å²) in [5.41, 5.74) is 1.88. The molecule has 0 saturated carbocycles. The van der Waals surface area contributed by atoms with E-state index >= 15 is 0 Å². The van der Waals surface area contributed by atoms with Crippen molar-refractivity contribution in [3.63, 3.8) is 0 Å². The van der Waals surface area contributed by atoms with Crippen LogP contribution in [0, 0.1) is 11.3 Å². The first-order chi connectivity index (χ1) is 14.6. The van der Waals surface area contributed by atoms with Crippen molar-refractivity contribution in [2.45, 2.75) is 103 Å². The Labute approximate surface area is 198 Å². The summed E-state index contributed by atoms with van der Waals surface area (Å²) in [7, 11) is -1.19. The fourth-order valence-electron chi connectivity index (χ4n) is 4.39. The quantitative estimate of drug-likeness (QED) is 0.320. The zero-order chi connectivity index (χ0) is 25.1. The van der Waals surface area contributed by atoms with E-state index < -0.39 is 22.7 Å². The van der Waals surface area contributed by atoms with Crippen molar-refractivity contribution in [1.82, 2.24) is 0 Å². The number of rotatable bonds is 10. The third-order valence-electron chi connectivity index (χ3n) is 7.09. The van der Waals surface area contributed by atoms with E-state index in [2.05, 4.69) is 81.5 Å². The Balaban J connectivity index is 3.64. The third-order valence-corrected chi connectivity index (χ3v) is 17.5. The zero-order valence-corrected chi connectivity index (χ0v) is 24.5. The molecule has 5 nitrogen and oxygen atoms in total. The third kappa shape index (κ3) is 5.70. The Kier molecular flexibility index (Phi) is 9.47. The van der Waals surface area contributed by atoms with Crippen molar-refractivity contribution in [2.75, 3.05) is 14.2 Å². The number of ether oxygens (including phenoxy) is 2. The van der Waals surface area contributed by atoms with Crippen molar-refractivity contribution in [2.24, 2.45) is 0 Å². The van der Waals surface area contributed by atoms with Gasteiger partial charge in [0.1, 0.15) is 0 Å². The SMILES string of the molecule is COc1cc([C@H](C#N)O[Si](C(C)C)(C(C)C)C(C)C)cc(O[Si](C)(C)C(C)(C)C)c1OC. The first-order valence-corrected chi connectivity index (χ1v) is 16.7. The van der Waals surface area contributed by atoms with Crippen LogP contribution in [0.4, 0.5) is 0 Å². The molecule has 0 radical (unpaired) electrons. The molecule has 0 bridgehead atoms. The van der Waals surface area contributed by atoms with Gasteiger partial charge in [0.25, 0.3) is 8.32 Å². The van der Waals surface area contributed by atoms with Gasteiger partial charge in [0.15, 0.2) is 17.6 Å². The van der Waals surface area contributed by atoms with Crippen LogP contribution in [0.2, 0.25) is 34.8 Å². The first-order valence-electron chi connectivity index (χ1n) is 11.6. The first kappa shape index (κ1) is 28.5. The van der Waals surface area contributed by atoms with Crippen LogP contribution in [0.25, 0.3) is 0 Å². The molecule has 0 aliphatic heterocycles. The largest absolute Gasteiger partial charge is 0.541 e. The van der Waals surface area contributed by atoms with Crippen LogP contribution >= 0.6 is 0 Å². The van der Waals surface area contributed by atoms with Gasteiger partial charge in [0.2, 0.25) is 14.1 Å². The van der Waals surface area contributed by atoms with Crippen LogP contribution in [0.5, 0.6) is 17.2 Å². The summed E-state index contributed by atoms with van der Waals surface area (Å²) < 4.78 is 24.7. The van der Waals surface area contributed by atoms with Gasteiger partial charge in [-0.25, -0.2) is 0 Å². The zero-order valence-electron chi connectivity index (χ0n) is 22.5. The van der Waals surface area contributed by atoms with Crippen molar-refractivity contribution < 1.29 is 18.3 Å². The maximum atomic E-state index is 10.2. The molecule has 0 amide bonds. The van der Waals surface area contributed by atoms with Crippen LogP contribution in [0.1, 0.15) is 74.0 Å². The Morgan fingerprint density at radius 3 is 1.66 bits per heavy atom. The number of benzene rings is 1. The van der Waals surface area contributed by atoms with Crippen LogP contribution in [-0.2, 0) is 4.43 Å². The average molecular weight is 480 g/mol. The summed E-state index contributed by atoms with van der Waals surface area (Å²) in [6.45, 7) is 24.3. The molecule has 0 N–H and O–H groups in total. The summed E-state index contributed by atoms with van der Waals surface area (Å²) in [5.74, 6) is 1.72. The molecule has 7 heteroatoms. The van der Waals surface area contributed by atoms with E-state index in [1.165, 1.54) is 0 Å². The predicted molar refractivity (Wildman–Crippen MR) is 138 cm³/mol. The Morgan fingerprint density at radius 2 is 1.31 bits per heavy atom. The second kappa shape index (κ2) is 10.6. The molecule has 0 aliphatic rings. The van der Waals surface area contributed by atoms with Gasteiger partial charge in [-0.05, 0) is 46.9 Å². The lowest BCUT2D eigenvalue weighted by atomic mass is 10.1. The number of hydrogen-bond donors (Lipinski definition) is 0. The number of hydrogen-bond acceptors (Lipinski definition) is 5. The van der Waals surface area contributed by atoms with Crippen LogP contribution in [-0.4, -0.2) is 30.9 Å². The molecule has 0 aliphatic carbocycles. The molecular weight excluding hydrogens is 434 g/mol. The monoisotopic (exact) mass is 479 g/mol. The second-order valence-corrected chi connectivity index (χ2v) is 21.2. The molecule has 182 valence electrons. The maximum Gasteiger partial charge on any atom is 0.250 e. The van der Waals surface area contributed by atoms with Crippen molar-refractivity contribution in [3.05, 3.63) is 17.7 Å². The molecule has 0 saturated heterocycles. The van der Waals surface area contributed by atoms with Gasteiger partial charge >= 0.3 is 0 Å². The highest BCUT2D eigenvalue weighted by molar-refractivity contribution is 6.77. The lowest BCUT2D eigenvalue weighted by Crippen LogP contribution is -2.48. The van der Waals surface area contributed by atoms with Gasteiger partial charge in [-0.15, -0.1) is 0 Å². The van der Waals surface area contributed by atoms with Gasteiger partial charge in [0, 0.05) is 5.56 Å². The molecule has 1 atom stereocenters. The van der Waals surface area contributed by atoms with Gasteiger partial charge < -0.3 is 18.3 Å². The standard InChI is InChI=1S/C25H45NO4Si2/c1-17(2)32(18(3)4,19(5)6)30-23(16-26)20-14-21(27-10)24(28-11)22(15-20)29-31(12,13)25(7,8)9/h14-15,17-19,23H,1-13H3/t23-/m0/s1.